The van der Waals surface area contributed by atoms with Gasteiger partial charge in [0.2, 0.25) is 0 Å². The maximum absolute atomic E-state index is 13.0. The highest BCUT2D eigenvalue weighted by Crippen LogP contribution is 2.20. The first-order chi connectivity index (χ1) is 10.1. The van der Waals surface area contributed by atoms with E-state index in [1.165, 1.54) is 23.8 Å². The zero-order valence-corrected chi connectivity index (χ0v) is 13.4. The minimum Gasteiger partial charge on any atom is -0.351 e. The van der Waals surface area contributed by atoms with Crippen LogP contribution in [0.2, 0.25) is 0 Å². The van der Waals surface area contributed by atoms with Crippen LogP contribution < -0.4 is 5.32 Å². The highest BCUT2D eigenvalue weighted by Gasteiger charge is 2.14. The van der Waals surface area contributed by atoms with E-state index in [-0.39, 0.29) is 17.6 Å². The molecule has 0 aromatic heterocycles. The standard InChI is InChI=1S/C17H17BrFNO/c1-2-12(13-6-4-3-5-7-13)11-20-17(21)15-9-8-14(19)10-16(15)18/h3-10,12H,2,11H2,1H3,(H,20,21). The van der Waals surface area contributed by atoms with Crippen LogP contribution in [-0.2, 0) is 0 Å². The van der Waals surface area contributed by atoms with Gasteiger partial charge in [-0.05, 0) is 46.1 Å². The van der Waals surface area contributed by atoms with Crippen molar-refractivity contribution in [2.45, 2.75) is 19.3 Å². The molecule has 2 aromatic rings. The zero-order chi connectivity index (χ0) is 15.2. The molecule has 1 atom stereocenters. The lowest BCUT2D eigenvalue weighted by atomic mass is 9.96. The topological polar surface area (TPSA) is 29.1 Å². The molecule has 0 saturated carbocycles. The van der Waals surface area contributed by atoms with E-state index in [1.807, 2.05) is 18.2 Å². The molecular weight excluding hydrogens is 333 g/mol. The molecule has 0 bridgehead atoms. The zero-order valence-electron chi connectivity index (χ0n) is 11.8. The third-order valence-corrected chi connectivity index (χ3v) is 4.10. The van der Waals surface area contributed by atoms with Gasteiger partial charge in [-0.25, -0.2) is 4.39 Å². The summed E-state index contributed by atoms with van der Waals surface area (Å²) in [4.78, 5) is 12.2. The predicted molar refractivity (Wildman–Crippen MR) is 85.9 cm³/mol. The van der Waals surface area contributed by atoms with Crippen molar-refractivity contribution in [3.8, 4) is 0 Å². The van der Waals surface area contributed by atoms with E-state index in [4.69, 9.17) is 0 Å². The van der Waals surface area contributed by atoms with E-state index in [0.29, 0.717) is 16.6 Å². The molecule has 0 aliphatic carbocycles. The fraction of sp³-hybridized carbons (Fsp3) is 0.235. The molecule has 0 saturated heterocycles. The molecule has 0 fully saturated rings. The fourth-order valence-corrected chi connectivity index (χ4v) is 2.74. The van der Waals surface area contributed by atoms with E-state index in [0.717, 1.165) is 6.42 Å². The van der Waals surface area contributed by atoms with Crippen LogP contribution in [0.4, 0.5) is 4.39 Å². The number of nitrogens with one attached hydrogen (secondary N) is 1. The Labute approximate surface area is 132 Å². The monoisotopic (exact) mass is 349 g/mol. The minimum absolute atomic E-state index is 0.198. The van der Waals surface area contributed by atoms with Crippen LogP contribution in [0.15, 0.2) is 53.0 Å². The summed E-state index contributed by atoms with van der Waals surface area (Å²) in [6.07, 6.45) is 0.939. The summed E-state index contributed by atoms with van der Waals surface area (Å²) in [5.41, 5.74) is 1.65. The summed E-state index contributed by atoms with van der Waals surface area (Å²) in [5.74, 6) is -0.292. The first-order valence-corrected chi connectivity index (χ1v) is 7.69. The number of carbonyl (C=O) groups is 1. The van der Waals surface area contributed by atoms with Crippen molar-refractivity contribution in [3.05, 3.63) is 69.9 Å². The van der Waals surface area contributed by atoms with Gasteiger partial charge < -0.3 is 5.32 Å². The Kier molecular flexibility index (Phi) is 5.51. The number of rotatable bonds is 5. The van der Waals surface area contributed by atoms with Crippen LogP contribution in [0.3, 0.4) is 0 Å². The number of benzene rings is 2. The van der Waals surface area contributed by atoms with E-state index in [2.05, 4.69) is 40.3 Å². The predicted octanol–water partition coefficient (Wildman–Crippen LogP) is 4.51. The third-order valence-electron chi connectivity index (χ3n) is 3.45. The highest BCUT2D eigenvalue weighted by atomic mass is 79.9. The normalized spacial score (nSPS) is 12.0. The van der Waals surface area contributed by atoms with Crippen LogP contribution in [-0.4, -0.2) is 12.5 Å². The van der Waals surface area contributed by atoms with Crippen molar-refractivity contribution in [2.75, 3.05) is 6.54 Å². The molecule has 110 valence electrons. The first kappa shape index (κ1) is 15.7. The molecule has 1 N–H and O–H groups in total. The van der Waals surface area contributed by atoms with Crippen LogP contribution in [0.25, 0.3) is 0 Å². The van der Waals surface area contributed by atoms with E-state index in [9.17, 15) is 9.18 Å². The Bertz CT molecular complexity index is 615. The molecule has 1 unspecified atom stereocenters. The highest BCUT2D eigenvalue weighted by molar-refractivity contribution is 9.10. The molecule has 2 rings (SSSR count). The number of hydrogen-bond donors (Lipinski definition) is 1. The molecule has 4 heteroatoms. The van der Waals surface area contributed by atoms with Crippen LogP contribution in [0.5, 0.6) is 0 Å². The smallest absolute Gasteiger partial charge is 0.252 e. The van der Waals surface area contributed by atoms with Gasteiger partial charge in [0, 0.05) is 16.9 Å². The van der Waals surface area contributed by atoms with E-state index >= 15 is 0 Å². The van der Waals surface area contributed by atoms with Gasteiger partial charge in [-0.1, -0.05) is 37.3 Å². The van der Waals surface area contributed by atoms with Crippen molar-refractivity contribution in [1.29, 1.82) is 0 Å². The fourth-order valence-electron chi connectivity index (χ4n) is 2.21. The Morgan fingerprint density at radius 3 is 2.57 bits per heavy atom. The van der Waals surface area contributed by atoms with Crippen molar-refractivity contribution in [1.82, 2.24) is 5.32 Å². The van der Waals surface area contributed by atoms with Gasteiger partial charge in [0.1, 0.15) is 5.82 Å². The Morgan fingerprint density at radius 2 is 1.95 bits per heavy atom. The lowest BCUT2D eigenvalue weighted by Gasteiger charge is -2.16. The summed E-state index contributed by atoms with van der Waals surface area (Å²) in [6.45, 7) is 2.65. The second kappa shape index (κ2) is 7.36. The largest absolute Gasteiger partial charge is 0.351 e. The number of carbonyl (C=O) groups excluding carboxylic acids is 1. The Balaban J connectivity index is 2.03. The van der Waals surface area contributed by atoms with Crippen LogP contribution >= 0.6 is 15.9 Å². The maximum atomic E-state index is 13.0. The molecule has 2 nitrogen and oxygen atoms in total. The lowest BCUT2D eigenvalue weighted by Crippen LogP contribution is -2.28. The van der Waals surface area contributed by atoms with E-state index < -0.39 is 0 Å². The molecule has 0 spiro atoms. The van der Waals surface area contributed by atoms with Crippen LogP contribution in [0.1, 0.15) is 35.2 Å². The molecule has 1 amide bonds. The second-order valence-corrected chi connectivity index (χ2v) is 5.70. The maximum Gasteiger partial charge on any atom is 0.252 e. The van der Waals surface area contributed by atoms with Gasteiger partial charge in [0.05, 0.1) is 5.56 Å². The summed E-state index contributed by atoms with van der Waals surface area (Å²) < 4.78 is 13.5. The van der Waals surface area contributed by atoms with Gasteiger partial charge in [0.15, 0.2) is 0 Å². The van der Waals surface area contributed by atoms with Gasteiger partial charge in [-0.2, -0.15) is 0 Å². The minimum atomic E-state index is -0.367. The van der Waals surface area contributed by atoms with Crippen molar-refractivity contribution in [2.24, 2.45) is 0 Å². The molecule has 0 radical (unpaired) electrons. The number of hydrogen-bond acceptors (Lipinski definition) is 1. The molecule has 2 aromatic carbocycles. The Morgan fingerprint density at radius 1 is 1.24 bits per heavy atom. The van der Waals surface area contributed by atoms with Gasteiger partial charge in [0.25, 0.3) is 5.91 Å². The summed E-state index contributed by atoms with van der Waals surface area (Å²) >= 11 is 3.22. The van der Waals surface area contributed by atoms with Crippen molar-refractivity contribution < 1.29 is 9.18 Å². The number of halogens is 2. The van der Waals surface area contributed by atoms with Crippen molar-refractivity contribution in [3.63, 3.8) is 0 Å². The second-order valence-electron chi connectivity index (χ2n) is 4.85. The van der Waals surface area contributed by atoms with E-state index in [1.54, 1.807) is 0 Å². The van der Waals surface area contributed by atoms with Crippen molar-refractivity contribution >= 4 is 21.8 Å². The van der Waals surface area contributed by atoms with Gasteiger partial charge in [-0.3, -0.25) is 4.79 Å². The SMILES string of the molecule is CCC(CNC(=O)c1ccc(F)cc1Br)c1ccccc1. The summed E-state index contributed by atoms with van der Waals surface area (Å²) in [7, 11) is 0. The average Bonchev–Trinajstić information content (AvgIpc) is 2.48. The molecule has 0 aliphatic rings. The molecule has 0 aliphatic heterocycles. The summed E-state index contributed by atoms with van der Waals surface area (Å²) in [5, 5.41) is 2.92. The van der Waals surface area contributed by atoms with Crippen LogP contribution in [0, 0.1) is 5.82 Å². The first-order valence-electron chi connectivity index (χ1n) is 6.90. The average molecular weight is 350 g/mol. The molecular formula is C17H17BrFNO. The third kappa shape index (κ3) is 4.14. The van der Waals surface area contributed by atoms with Gasteiger partial charge in [-0.15, -0.1) is 0 Å². The molecule has 21 heavy (non-hydrogen) atoms. The number of amides is 1. The quantitative estimate of drug-likeness (QED) is 0.845. The van der Waals surface area contributed by atoms with Gasteiger partial charge >= 0.3 is 0 Å². The summed E-state index contributed by atoms with van der Waals surface area (Å²) in [6, 6.07) is 14.2. The Hall–Kier alpha value is -1.68. The lowest BCUT2D eigenvalue weighted by molar-refractivity contribution is 0.0950. The molecule has 0 heterocycles.